The zero-order valence-electron chi connectivity index (χ0n) is 9.38. The molecule has 2 rings (SSSR count). The van der Waals surface area contributed by atoms with Gasteiger partial charge in [0.2, 0.25) is 5.95 Å². The normalized spacial score (nSPS) is 9.95. The van der Waals surface area contributed by atoms with Crippen molar-refractivity contribution < 1.29 is 14.0 Å². The van der Waals surface area contributed by atoms with Crippen LogP contribution in [0.1, 0.15) is 20.9 Å². The highest BCUT2D eigenvalue weighted by Gasteiger charge is 2.13. The van der Waals surface area contributed by atoms with E-state index in [1.54, 1.807) is 6.07 Å². The fourth-order valence-electron chi connectivity index (χ4n) is 1.24. The van der Waals surface area contributed by atoms with Crippen molar-refractivity contribution in [2.75, 3.05) is 11.2 Å². The molecule has 2 aromatic heterocycles. The van der Waals surface area contributed by atoms with Crippen LogP contribution in [-0.4, -0.2) is 22.2 Å². The second-order valence-corrected chi connectivity index (χ2v) is 3.67. The Balaban J connectivity index is 2.15. The summed E-state index contributed by atoms with van der Waals surface area (Å²) in [7, 11) is 0. The molecule has 0 saturated carbocycles. The van der Waals surface area contributed by atoms with Gasteiger partial charge >= 0.3 is 5.91 Å². The van der Waals surface area contributed by atoms with E-state index in [-0.39, 0.29) is 28.2 Å². The molecule has 0 atom stereocenters. The van der Waals surface area contributed by atoms with Crippen LogP contribution in [0.4, 0.5) is 11.8 Å². The van der Waals surface area contributed by atoms with Gasteiger partial charge in [0.1, 0.15) is 5.15 Å². The number of furan rings is 1. The Bertz CT molecular complexity index is 614. The van der Waals surface area contributed by atoms with Crippen molar-refractivity contribution in [3.8, 4) is 0 Å². The van der Waals surface area contributed by atoms with Crippen molar-refractivity contribution >= 4 is 35.6 Å². The molecule has 2 aromatic rings. The van der Waals surface area contributed by atoms with Crippen LogP contribution in [0.15, 0.2) is 22.8 Å². The molecule has 9 heteroatoms. The van der Waals surface area contributed by atoms with Crippen molar-refractivity contribution in [2.24, 2.45) is 0 Å². The minimum absolute atomic E-state index is 0.00703. The monoisotopic (exact) mass is 281 g/mol. The Labute approximate surface area is 111 Å². The molecule has 1 amide bonds. The lowest BCUT2D eigenvalue weighted by Crippen LogP contribution is -2.30. The molecule has 0 unspecified atom stereocenters. The van der Waals surface area contributed by atoms with Crippen LogP contribution in [0.3, 0.4) is 0 Å². The molecule has 0 aliphatic carbocycles. The first-order valence-corrected chi connectivity index (χ1v) is 5.37. The summed E-state index contributed by atoms with van der Waals surface area (Å²) in [4.78, 5) is 29.8. The fraction of sp³-hybridized carbons (Fsp3) is 0. The summed E-state index contributed by atoms with van der Waals surface area (Å²) in [6, 6.07) is 3.03. The Kier molecular flexibility index (Phi) is 3.62. The Morgan fingerprint density at radius 1 is 1.47 bits per heavy atom. The maximum Gasteiger partial charge on any atom is 0.305 e. The first-order valence-electron chi connectivity index (χ1n) is 5.00. The number of rotatable bonds is 4. The number of carbonyl (C=O) groups is 2. The molecule has 0 aliphatic heterocycles. The van der Waals surface area contributed by atoms with Gasteiger partial charge in [-0.1, -0.05) is 11.6 Å². The molecule has 8 nitrogen and oxygen atoms in total. The predicted molar refractivity (Wildman–Crippen MR) is 66.6 cm³/mol. The average molecular weight is 282 g/mol. The van der Waals surface area contributed by atoms with Crippen LogP contribution in [0.25, 0.3) is 0 Å². The maximum atomic E-state index is 11.6. The third-order valence-corrected chi connectivity index (χ3v) is 2.36. The van der Waals surface area contributed by atoms with Gasteiger partial charge in [-0.2, -0.15) is 4.98 Å². The van der Waals surface area contributed by atoms with Crippen molar-refractivity contribution in [2.45, 2.75) is 0 Å². The van der Waals surface area contributed by atoms with E-state index in [2.05, 4.69) is 20.8 Å². The summed E-state index contributed by atoms with van der Waals surface area (Å²) in [5, 5.41) is -0.114. The standard InChI is InChI=1S/C10H8ClN5O3/c11-7-5(4-17)8(14-10(12)13-7)15-16-9(18)6-2-1-3-19-6/h1-4H,(H,16,18)(H3,12,13,14,15). The lowest BCUT2D eigenvalue weighted by Gasteiger charge is -2.09. The van der Waals surface area contributed by atoms with Crippen molar-refractivity contribution in [3.63, 3.8) is 0 Å². The smallest absolute Gasteiger partial charge is 0.305 e. The average Bonchev–Trinajstić information content (AvgIpc) is 2.89. The summed E-state index contributed by atoms with van der Waals surface area (Å²) in [6.07, 6.45) is 1.80. The van der Waals surface area contributed by atoms with Crippen molar-refractivity contribution in [1.29, 1.82) is 0 Å². The van der Waals surface area contributed by atoms with Gasteiger partial charge in [0.05, 0.1) is 11.8 Å². The molecule has 0 bridgehead atoms. The number of hydrogen-bond acceptors (Lipinski definition) is 7. The highest BCUT2D eigenvalue weighted by Crippen LogP contribution is 2.19. The molecule has 19 heavy (non-hydrogen) atoms. The first kappa shape index (κ1) is 12.8. The van der Waals surface area contributed by atoms with Gasteiger partial charge in [-0.3, -0.25) is 20.4 Å². The number of nitrogens with two attached hydrogens (primary N) is 1. The molecule has 0 fully saturated rings. The van der Waals surface area contributed by atoms with E-state index in [9.17, 15) is 9.59 Å². The molecule has 0 aromatic carbocycles. The number of hydrazine groups is 1. The minimum Gasteiger partial charge on any atom is -0.459 e. The van der Waals surface area contributed by atoms with Crippen LogP contribution in [0.2, 0.25) is 5.15 Å². The third-order valence-electron chi connectivity index (χ3n) is 2.07. The van der Waals surface area contributed by atoms with Crippen molar-refractivity contribution in [3.05, 3.63) is 34.9 Å². The van der Waals surface area contributed by atoms with E-state index in [0.717, 1.165) is 0 Å². The van der Waals surface area contributed by atoms with Gasteiger partial charge in [0.25, 0.3) is 0 Å². The van der Waals surface area contributed by atoms with E-state index < -0.39 is 5.91 Å². The quantitative estimate of drug-likeness (QED) is 0.431. The second-order valence-electron chi connectivity index (χ2n) is 3.31. The Hall–Kier alpha value is -2.61. The van der Waals surface area contributed by atoms with Crippen LogP contribution in [0.5, 0.6) is 0 Å². The van der Waals surface area contributed by atoms with Crippen LogP contribution in [0, 0.1) is 0 Å². The molecule has 4 N–H and O–H groups in total. The summed E-state index contributed by atoms with van der Waals surface area (Å²) < 4.78 is 4.88. The summed E-state index contributed by atoms with van der Waals surface area (Å²) >= 11 is 5.72. The van der Waals surface area contributed by atoms with E-state index in [4.69, 9.17) is 21.8 Å². The molecule has 0 spiro atoms. The van der Waals surface area contributed by atoms with Crippen LogP contribution < -0.4 is 16.6 Å². The Morgan fingerprint density at radius 3 is 2.89 bits per heavy atom. The molecule has 0 saturated heterocycles. The molecular weight excluding hydrogens is 274 g/mol. The number of nitrogens with zero attached hydrogens (tertiary/aromatic N) is 2. The summed E-state index contributed by atoms with van der Waals surface area (Å²) in [5.74, 6) is -0.596. The number of carbonyl (C=O) groups excluding carboxylic acids is 2. The predicted octanol–water partition coefficient (Wildman–Crippen LogP) is 0.875. The van der Waals surface area contributed by atoms with Crippen molar-refractivity contribution in [1.82, 2.24) is 15.4 Å². The SMILES string of the molecule is Nc1nc(Cl)c(C=O)c(NNC(=O)c2ccco2)n1. The molecule has 2 heterocycles. The number of nitrogen functional groups attached to an aromatic ring is 1. The molecule has 98 valence electrons. The van der Waals surface area contributed by atoms with Gasteiger partial charge in [0, 0.05) is 0 Å². The van der Waals surface area contributed by atoms with Gasteiger partial charge in [0.15, 0.2) is 17.9 Å². The summed E-state index contributed by atoms with van der Waals surface area (Å²) in [6.45, 7) is 0. The second kappa shape index (κ2) is 5.36. The number of amides is 1. The lowest BCUT2D eigenvalue weighted by molar-refractivity contribution is 0.0934. The van der Waals surface area contributed by atoms with E-state index >= 15 is 0 Å². The molecular formula is C10H8ClN5O3. The number of nitrogens with one attached hydrogen (secondary N) is 2. The largest absolute Gasteiger partial charge is 0.459 e. The zero-order chi connectivity index (χ0) is 13.8. The topological polar surface area (TPSA) is 123 Å². The number of anilines is 2. The fourth-order valence-corrected chi connectivity index (χ4v) is 1.46. The summed E-state index contributed by atoms with van der Waals surface area (Å²) in [5.41, 5.74) is 10.1. The number of hydrogen-bond donors (Lipinski definition) is 3. The Morgan fingerprint density at radius 2 is 2.26 bits per heavy atom. The third kappa shape index (κ3) is 2.80. The number of aldehydes is 1. The first-order chi connectivity index (χ1) is 9.11. The van der Waals surface area contributed by atoms with E-state index in [0.29, 0.717) is 6.29 Å². The number of halogens is 1. The number of aromatic nitrogens is 2. The van der Waals surface area contributed by atoms with Gasteiger partial charge in [-0.25, -0.2) is 4.98 Å². The molecule has 0 aliphatic rings. The maximum absolute atomic E-state index is 11.6. The minimum atomic E-state index is -0.546. The highest BCUT2D eigenvalue weighted by molar-refractivity contribution is 6.32. The van der Waals surface area contributed by atoms with E-state index in [1.165, 1.54) is 12.3 Å². The van der Waals surface area contributed by atoms with Gasteiger partial charge in [-0.05, 0) is 12.1 Å². The van der Waals surface area contributed by atoms with Crippen LogP contribution >= 0.6 is 11.6 Å². The zero-order valence-corrected chi connectivity index (χ0v) is 10.1. The highest BCUT2D eigenvalue weighted by atomic mass is 35.5. The van der Waals surface area contributed by atoms with Gasteiger partial charge in [-0.15, -0.1) is 0 Å². The lowest BCUT2D eigenvalue weighted by atomic mass is 10.3. The van der Waals surface area contributed by atoms with E-state index in [1.807, 2.05) is 0 Å². The van der Waals surface area contributed by atoms with Gasteiger partial charge < -0.3 is 10.2 Å². The molecule has 0 radical (unpaired) electrons. The van der Waals surface area contributed by atoms with Crippen LogP contribution in [-0.2, 0) is 0 Å².